The molecule has 1 aliphatic rings. The van der Waals surface area contributed by atoms with Crippen LogP contribution in [0.15, 0.2) is 23.6 Å². The molecule has 0 unspecified atom stereocenters. The molecule has 2 heterocycles. The fraction of sp³-hybridized carbons (Fsp3) is 0.231. The van der Waals surface area contributed by atoms with Crippen molar-refractivity contribution >= 4 is 22.9 Å². The van der Waals surface area contributed by atoms with Crippen molar-refractivity contribution in [1.82, 2.24) is 4.98 Å². The van der Waals surface area contributed by atoms with Gasteiger partial charge < -0.3 is 15.8 Å². The summed E-state index contributed by atoms with van der Waals surface area (Å²) in [5.41, 5.74) is 7.77. The predicted octanol–water partition coefficient (Wildman–Crippen LogP) is 1.79. The van der Waals surface area contributed by atoms with Crippen molar-refractivity contribution < 1.29 is 9.53 Å². The summed E-state index contributed by atoms with van der Waals surface area (Å²) in [5, 5.41) is 5.31. The van der Waals surface area contributed by atoms with Gasteiger partial charge in [0.25, 0.3) is 5.91 Å². The first-order valence-electron chi connectivity index (χ1n) is 5.98. The average Bonchev–Trinajstić information content (AvgIpc) is 3.06. The van der Waals surface area contributed by atoms with Crippen LogP contribution in [0.2, 0.25) is 0 Å². The van der Waals surface area contributed by atoms with Crippen molar-refractivity contribution in [2.75, 3.05) is 11.9 Å². The van der Waals surface area contributed by atoms with Crippen LogP contribution in [0.1, 0.15) is 21.1 Å². The molecule has 0 aliphatic carbocycles. The van der Waals surface area contributed by atoms with E-state index >= 15 is 0 Å². The van der Waals surface area contributed by atoms with E-state index in [1.807, 2.05) is 18.2 Å². The summed E-state index contributed by atoms with van der Waals surface area (Å²) < 4.78 is 5.42. The summed E-state index contributed by atoms with van der Waals surface area (Å²) >= 11 is 1.39. The van der Waals surface area contributed by atoms with Gasteiger partial charge in [0, 0.05) is 24.0 Å². The third-order valence-electron chi connectivity index (χ3n) is 2.91. The normalized spacial score (nSPS) is 12.9. The number of aromatic nitrogens is 1. The van der Waals surface area contributed by atoms with Gasteiger partial charge in [-0.05, 0) is 23.8 Å². The molecule has 0 atom stereocenters. The lowest BCUT2D eigenvalue weighted by atomic mass is 10.1. The van der Waals surface area contributed by atoms with Gasteiger partial charge in [0.1, 0.15) is 16.5 Å². The highest BCUT2D eigenvalue weighted by molar-refractivity contribution is 7.09. The highest BCUT2D eigenvalue weighted by Gasteiger charge is 2.14. The number of carbonyl (C=O) groups excluding carboxylic acids is 1. The Hall–Kier alpha value is -1.92. The van der Waals surface area contributed by atoms with Crippen LogP contribution in [0.4, 0.5) is 5.69 Å². The van der Waals surface area contributed by atoms with Crippen LogP contribution in [0.25, 0.3) is 0 Å². The van der Waals surface area contributed by atoms with Crippen molar-refractivity contribution in [2.24, 2.45) is 5.73 Å². The van der Waals surface area contributed by atoms with Crippen LogP contribution >= 0.6 is 11.3 Å². The van der Waals surface area contributed by atoms with E-state index < -0.39 is 0 Å². The highest BCUT2D eigenvalue weighted by atomic mass is 32.1. The topological polar surface area (TPSA) is 77.2 Å². The lowest BCUT2D eigenvalue weighted by molar-refractivity contribution is 0.102. The zero-order valence-corrected chi connectivity index (χ0v) is 11.0. The lowest BCUT2D eigenvalue weighted by Gasteiger charge is -2.05. The number of nitrogens with one attached hydrogen (secondary N) is 1. The molecule has 6 heteroatoms. The van der Waals surface area contributed by atoms with Crippen molar-refractivity contribution in [3.8, 4) is 5.75 Å². The molecule has 1 aromatic carbocycles. The van der Waals surface area contributed by atoms with Crippen molar-refractivity contribution in [1.29, 1.82) is 0 Å². The second-order valence-electron chi connectivity index (χ2n) is 4.21. The largest absolute Gasteiger partial charge is 0.493 e. The number of anilines is 1. The van der Waals surface area contributed by atoms with Gasteiger partial charge in [0.05, 0.1) is 6.61 Å². The molecule has 0 bridgehead atoms. The summed E-state index contributed by atoms with van der Waals surface area (Å²) in [6.07, 6.45) is 0.882. The fourth-order valence-electron chi connectivity index (χ4n) is 1.97. The molecular weight excluding hydrogens is 262 g/mol. The molecule has 5 nitrogen and oxygen atoms in total. The van der Waals surface area contributed by atoms with Crippen molar-refractivity contribution in [2.45, 2.75) is 13.0 Å². The van der Waals surface area contributed by atoms with Gasteiger partial charge in [0.2, 0.25) is 0 Å². The first-order chi connectivity index (χ1) is 9.26. The Balaban J connectivity index is 1.75. The summed E-state index contributed by atoms with van der Waals surface area (Å²) in [5.74, 6) is 0.687. The number of hydrogen-bond acceptors (Lipinski definition) is 5. The molecule has 3 N–H and O–H groups in total. The second-order valence-corrected chi connectivity index (χ2v) is 5.15. The molecule has 0 radical (unpaired) electrons. The van der Waals surface area contributed by atoms with Crippen LogP contribution in [-0.2, 0) is 13.0 Å². The Labute approximate surface area is 114 Å². The second kappa shape index (κ2) is 4.99. The predicted molar refractivity (Wildman–Crippen MR) is 73.6 cm³/mol. The molecule has 1 aromatic heterocycles. The minimum atomic E-state index is -0.213. The number of benzene rings is 1. The van der Waals surface area contributed by atoms with E-state index in [-0.39, 0.29) is 5.91 Å². The van der Waals surface area contributed by atoms with E-state index in [9.17, 15) is 4.79 Å². The zero-order chi connectivity index (χ0) is 13.2. The Kier molecular flexibility index (Phi) is 3.18. The number of fused-ring (bicyclic) bond motifs is 1. The standard InChI is InChI=1S/C13H13N3O2S/c14-6-12-16-10(7-19-12)13(17)15-9-1-2-11-8(5-9)3-4-18-11/h1-2,5,7H,3-4,6,14H2,(H,15,17). The number of nitrogens with zero attached hydrogens (tertiary/aromatic N) is 1. The molecule has 1 aliphatic heterocycles. The molecule has 0 saturated carbocycles. The monoisotopic (exact) mass is 275 g/mol. The molecule has 19 heavy (non-hydrogen) atoms. The van der Waals surface area contributed by atoms with Gasteiger partial charge in [0.15, 0.2) is 0 Å². The fourth-order valence-corrected chi connectivity index (χ4v) is 2.62. The molecular formula is C13H13N3O2S. The Bertz CT molecular complexity index is 624. The SMILES string of the molecule is NCc1nc(C(=O)Nc2ccc3c(c2)CCO3)cs1. The first-order valence-corrected chi connectivity index (χ1v) is 6.86. The van der Waals surface area contributed by atoms with E-state index in [0.29, 0.717) is 18.8 Å². The molecule has 98 valence electrons. The smallest absolute Gasteiger partial charge is 0.275 e. The van der Waals surface area contributed by atoms with Gasteiger partial charge in [-0.25, -0.2) is 4.98 Å². The van der Waals surface area contributed by atoms with E-state index in [4.69, 9.17) is 10.5 Å². The minimum absolute atomic E-state index is 0.213. The van der Waals surface area contributed by atoms with E-state index in [1.165, 1.54) is 11.3 Å². The average molecular weight is 275 g/mol. The lowest BCUT2D eigenvalue weighted by Crippen LogP contribution is -2.12. The number of amides is 1. The summed E-state index contributed by atoms with van der Waals surface area (Å²) in [6.45, 7) is 1.06. The molecule has 3 rings (SSSR count). The maximum Gasteiger partial charge on any atom is 0.275 e. The Morgan fingerprint density at radius 1 is 1.53 bits per heavy atom. The van der Waals surface area contributed by atoms with Crippen LogP contribution in [0, 0.1) is 0 Å². The Morgan fingerprint density at radius 2 is 2.42 bits per heavy atom. The van der Waals surface area contributed by atoms with E-state index in [0.717, 1.165) is 28.4 Å². The van der Waals surface area contributed by atoms with Crippen molar-refractivity contribution in [3.63, 3.8) is 0 Å². The van der Waals surface area contributed by atoms with Crippen LogP contribution in [0.3, 0.4) is 0 Å². The highest BCUT2D eigenvalue weighted by Crippen LogP contribution is 2.28. The third kappa shape index (κ3) is 2.45. The van der Waals surface area contributed by atoms with Gasteiger partial charge in [-0.3, -0.25) is 4.79 Å². The van der Waals surface area contributed by atoms with E-state index in [2.05, 4.69) is 10.3 Å². The summed E-state index contributed by atoms with van der Waals surface area (Å²) in [4.78, 5) is 16.2. The maximum atomic E-state index is 12.0. The molecule has 2 aromatic rings. The molecule has 0 spiro atoms. The van der Waals surface area contributed by atoms with Crippen molar-refractivity contribution in [3.05, 3.63) is 39.8 Å². The van der Waals surface area contributed by atoms with E-state index in [1.54, 1.807) is 5.38 Å². The van der Waals surface area contributed by atoms with Crippen LogP contribution in [0.5, 0.6) is 5.75 Å². The third-order valence-corrected chi connectivity index (χ3v) is 3.78. The van der Waals surface area contributed by atoms with Crippen LogP contribution in [-0.4, -0.2) is 17.5 Å². The van der Waals surface area contributed by atoms with Crippen LogP contribution < -0.4 is 15.8 Å². The summed E-state index contributed by atoms with van der Waals surface area (Å²) in [7, 11) is 0. The number of hydrogen-bond donors (Lipinski definition) is 2. The van der Waals surface area contributed by atoms with Gasteiger partial charge in [-0.1, -0.05) is 0 Å². The number of thiazole rings is 1. The number of nitrogens with two attached hydrogens (primary N) is 1. The van der Waals surface area contributed by atoms with Gasteiger partial charge in [-0.2, -0.15) is 0 Å². The number of rotatable bonds is 3. The first kappa shape index (κ1) is 12.1. The minimum Gasteiger partial charge on any atom is -0.493 e. The maximum absolute atomic E-state index is 12.0. The number of ether oxygens (including phenoxy) is 1. The Morgan fingerprint density at radius 3 is 3.21 bits per heavy atom. The molecule has 0 saturated heterocycles. The quantitative estimate of drug-likeness (QED) is 0.895. The summed E-state index contributed by atoms with van der Waals surface area (Å²) in [6, 6.07) is 5.65. The molecule has 0 fully saturated rings. The number of carbonyl (C=O) groups is 1. The van der Waals surface area contributed by atoms with Gasteiger partial charge in [-0.15, -0.1) is 11.3 Å². The van der Waals surface area contributed by atoms with Gasteiger partial charge >= 0.3 is 0 Å². The molecule has 1 amide bonds. The zero-order valence-electron chi connectivity index (χ0n) is 10.2.